The van der Waals surface area contributed by atoms with Crippen molar-refractivity contribution < 1.29 is 36.9 Å². The molecule has 31 heavy (non-hydrogen) atoms. The number of aromatic nitrogens is 1. The Labute approximate surface area is 176 Å². The summed E-state index contributed by atoms with van der Waals surface area (Å²) in [5.74, 6) is -2.80. The molecule has 4 rings (SSSR count). The van der Waals surface area contributed by atoms with Crippen LogP contribution in [0, 0.1) is 11.7 Å². The fourth-order valence-corrected chi connectivity index (χ4v) is 3.69. The lowest BCUT2D eigenvalue weighted by Gasteiger charge is -2.50. The third kappa shape index (κ3) is 5.92. The summed E-state index contributed by atoms with van der Waals surface area (Å²) in [7, 11) is 0. The van der Waals surface area contributed by atoms with Gasteiger partial charge < -0.3 is 14.6 Å². The van der Waals surface area contributed by atoms with Crippen LogP contribution in [0.1, 0.15) is 12.0 Å². The lowest BCUT2D eigenvalue weighted by molar-refractivity contribution is -0.192. The molecule has 0 aliphatic carbocycles. The number of carbonyl (C=O) groups is 1. The molecule has 1 aromatic heterocycles. The van der Waals surface area contributed by atoms with E-state index >= 15 is 0 Å². The molecule has 168 valence electrons. The lowest BCUT2D eigenvalue weighted by Crippen LogP contribution is -2.64. The molecule has 1 N–H and O–H groups in total. The molecule has 1 unspecified atom stereocenters. The van der Waals surface area contributed by atoms with Gasteiger partial charge >= 0.3 is 12.1 Å². The molecule has 6 nitrogen and oxygen atoms in total. The van der Waals surface area contributed by atoms with Crippen LogP contribution in [0.15, 0.2) is 48.7 Å². The van der Waals surface area contributed by atoms with Crippen molar-refractivity contribution in [2.45, 2.75) is 24.7 Å². The van der Waals surface area contributed by atoms with Crippen LogP contribution in [0.4, 0.5) is 17.6 Å². The molecular weight excluding hydrogens is 420 g/mol. The zero-order valence-corrected chi connectivity index (χ0v) is 16.5. The Kier molecular flexibility index (Phi) is 7.11. The number of carboxylic acid groups (broad SMARTS) is 1. The Morgan fingerprint density at radius 1 is 1.23 bits per heavy atom. The number of alkyl halides is 3. The molecular formula is C21H22F4N2O4. The maximum absolute atomic E-state index is 13.6. The Hall–Kier alpha value is -2.72. The first-order valence-electron chi connectivity index (χ1n) is 9.63. The van der Waals surface area contributed by atoms with E-state index in [-0.39, 0.29) is 17.4 Å². The highest BCUT2D eigenvalue weighted by atomic mass is 19.4. The number of halogens is 4. The van der Waals surface area contributed by atoms with Crippen molar-refractivity contribution in [2.24, 2.45) is 5.92 Å². The van der Waals surface area contributed by atoms with Gasteiger partial charge in [-0.3, -0.25) is 4.90 Å². The molecule has 1 atom stereocenters. The van der Waals surface area contributed by atoms with E-state index in [1.54, 1.807) is 12.3 Å². The van der Waals surface area contributed by atoms with Crippen LogP contribution < -0.4 is 4.74 Å². The van der Waals surface area contributed by atoms with Crippen molar-refractivity contribution in [1.82, 2.24) is 9.88 Å². The highest BCUT2D eigenvalue weighted by molar-refractivity contribution is 5.73. The Balaban J connectivity index is 0.000000339. The van der Waals surface area contributed by atoms with Crippen LogP contribution in [0.25, 0.3) is 0 Å². The third-order valence-corrected chi connectivity index (χ3v) is 5.22. The average Bonchev–Trinajstić information content (AvgIpc) is 3.11. The second-order valence-electron chi connectivity index (χ2n) is 7.43. The molecule has 1 spiro atoms. The number of benzene rings is 1. The number of ether oxygens (including phenoxy) is 2. The van der Waals surface area contributed by atoms with Crippen LogP contribution in [0.5, 0.6) is 5.88 Å². The normalized spacial score (nSPS) is 19.9. The number of aliphatic carboxylic acids is 1. The highest BCUT2D eigenvalue weighted by Gasteiger charge is 2.53. The molecule has 2 aliphatic rings. The Bertz CT molecular complexity index is 873. The van der Waals surface area contributed by atoms with Crippen molar-refractivity contribution in [2.75, 3.05) is 26.3 Å². The predicted octanol–water partition coefficient (Wildman–Crippen LogP) is 3.52. The van der Waals surface area contributed by atoms with Gasteiger partial charge in [-0.25, -0.2) is 14.2 Å². The molecule has 0 amide bonds. The van der Waals surface area contributed by atoms with E-state index < -0.39 is 18.0 Å². The summed E-state index contributed by atoms with van der Waals surface area (Å²) in [6.45, 7) is 3.95. The van der Waals surface area contributed by atoms with E-state index in [9.17, 15) is 17.6 Å². The summed E-state index contributed by atoms with van der Waals surface area (Å²) in [6.07, 6.45) is -2.59. The first-order chi connectivity index (χ1) is 14.7. The van der Waals surface area contributed by atoms with E-state index in [0.29, 0.717) is 6.61 Å². The molecule has 10 heteroatoms. The van der Waals surface area contributed by atoms with Gasteiger partial charge in [-0.1, -0.05) is 30.3 Å². The Morgan fingerprint density at radius 2 is 1.90 bits per heavy atom. The number of rotatable bonds is 5. The van der Waals surface area contributed by atoms with Gasteiger partial charge in [-0.2, -0.15) is 13.2 Å². The highest BCUT2D eigenvalue weighted by Crippen LogP contribution is 2.40. The maximum atomic E-state index is 13.6. The van der Waals surface area contributed by atoms with Crippen LogP contribution in [0.2, 0.25) is 0 Å². The van der Waals surface area contributed by atoms with Gasteiger partial charge in [0.1, 0.15) is 0 Å². The van der Waals surface area contributed by atoms with Crippen LogP contribution >= 0.6 is 0 Å². The second kappa shape index (κ2) is 9.61. The summed E-state index contributed by atoms with van der Waals surface area (Å²) in [6, 6.07) is 13.4. The van der Waals surface area contributed by atoms with Gasteiger partial charge in [0.2, 0.25) is 5.88 Å². The molecule has 2 fully saturated rings. The fourth-order valence-electron chi connectivity index (χ4n) is 3.69. The minimum absolute atomic E-state index is 0.0833. The van der Waals surface area contributed by atoms with Gasteiger partial charge in [0.05, 0.1) is 12.2 Å². The zero-order chi connectivity index (χ0) is 22.5. The second-order valence-corrected chi connectivity index (χ2v) is 7.43. The summed E-state index contributed by atoms with van der Waals surface area (Å²) in [5, 5.41) is 7.12. The lowest BCUT2D eigenvalue weighted by atomic mass is 9.81. The summed E-state index contributed by atoms with van der Waals surface area (Å²) in [4.78, 5) is 15.2. The predicted molar refractivity (Wildman–Crippen MR) is 102 cm³/mol. The maximum Gasteiger partial charge on any atom is 0.490 e. The summed E-state index contributed by atoms with van der Waals surface area (Å²) < 4.78 is 57.0. The van der Waals surface area contributed by atoms with Gasteiger partial charge in [-0.05, 0) is 24.1 Å². The average molecular weight is 442 g/mol. The molecule has 3 heterocycles. The van der Waals surface area contributed by atoms with Crippen molar-refractivity contribution in [3.05, 3.63) is 60.0 Å². The fraction of sp³-hybridized carbons (Fsp3) is 0.429. The van der Waals surface area contributed by atoms with Crippen molar-refractivity contribution >= 4 is 5.97 Å². The zero-order valence-electron chi connectivity index (χ0n) is 16.5. The van der Waals surface area contributed by atoms with Crippen LogP contribution in [-0.2, 0) is 16.1 Å². The van der Waals surface area contributed by atoms with Gasteiger partial charge in [0.15, 0.2) is 5.82 Å². The molecule has 2 aromatic rings. The topological polar surface area (TPSA) is 71.9 Å². The molecule has 0 radical (unpaired) electrons. The minimum atomic E-state index is -5.08. The number of hydrogen-bond donors (Lipinski definition) is 1. The van der Waals surface area contributed by atoms with Gasteiger partial charge in [0, 0.05) is 38.4 Å². The van der Waals surface area contributed by atoms with E-state index in [1.165, 1.54) is 11.6 Å². The molecule has 0 saturated carbocycles. The van der Waals surface area contributed by atoms with Crippen LogP contribution in [0.3, 0.4) is 0 Å². The van der Waals surface area contributed by atoms with Crippen LogP contribution in [-0.4, -0.2) is 59.0 Å². The summed E-state index contributed by atoms with van der Waals surface area (Å²) >= 11 is 0. The number of nitrogens with zero attached hydrogens (tertiary/aromatic N) is 2. The Morgan fingerprint density at radius 3 is 2.52 bits per heavy atom. The largest absolute Gasteiger partial charge is 0.490 e. The first kappa shape index (κ1) is 23.0. The molecule has 0 bridgehead atoms. The number of carboxylic acids is 1. The number of pyridine rings is 1. The molecule has 1 aromatic carbocycles. The monoisotopic (exact) mass is 442 g/mol. The quantitative estimate of drug-likeness (QED) is 0.715. The van der Waals surface area contributed by atoms with Crippen molar-refractivity contribution in [3.8, 4) is 5.88 Å². The van der Waals surface area contributed by atoms with E-state index in [4.69, 9.17) is 19.4 Å². The third-order valence-electron chi connectivity index (χ3n) is 5.22. The minimum Gasteiger partial charge on any atom is -0.475 e. The standard InChI is InChI=1S/C19H21FN2O2.C2HF3O2/c20-17-7-4-9-21-18(17)23-12-16-8-10-24-19(16)13-22(14-19)11-15-5-2-1-3-6-15;3-2(4,5)1(6)7/h1-7,9,16H,8,10-14H2;(H,6,7). The smallest absolute Gasteiger partial charge is 0.475 e. The van der Waals surface area contributed by atoms with E-state index in [1.807, 2.05) is 6.07 Å². The van der Waals surface area contributed by atoms with Gasteiger partial charge in [-0.15, -0.1) is 0 Å². The summed E-state index contributed by atoms with van der Waals surface area (Å²) in [5.41, 5.74) is 1.17. The van der Waals surface area contributed by atoms with E-state index in [2.05, 4.69) is 34.1 Å². The van der Waals surface area contributed by atoms with E-state index in [0.717, 1.165) is 32.7 Å². The van der Waals surface area contributed by atoms with Crippen molar-refractivity contribution in [1.29, 1.82) is 0 Å². The number of likely N-dealkylation sites (tertiary alicyclic amines) is 1. The van der Waals surface area contributed by atoms with Gasteiger partial charge in [0.25, 0.3) is 0 Å². The number of hydrogen-bond acceptors (Lipinski definition) is 5. The first-order valence-corrected chi connectivity index (χ1v) is 9.63. The molecule has 2 saturated heterocycles. The SMILES string of the molecule is Fc1cccnc1OCC1CCOC12CN(Cc1ccccc1)C2.O=C(O)C(F)(F)F. The van der Waals surface area contributed by atoms with Crippen molar-refractivity contribution in [3.63, 3.8) is 0 Å². The molecule has 2 aliphatic heterocycles.